The number of imidazole rings is 1. The van der Waals surface area contributed by atoms with Gasteiger partial charge in [-0.3, -0.25) is 24.3 Å². The topological polar surface area (TPSA) is 154 Å². The molecule has 0 radical (unpaired) electrons. The van der Waals surface area contributed by atoms with E-state index < -0.39 is 0 Å². The molecule has 12 heteroatoms. The van der Waals surface area contributed by atoms with Crippen LogP contribution in [-0.2, 0) is 40.8 Å². The van der Waals surface area contributed by atoms with E-state index in [1.807, 2.05) is 60.1 Å². The Bertz CT molecular complexity index is 1970. The molecule has 0 aliphatic heterocycles. The fourth-order valence-corrected chi connectivity index (χ4v) is 5.71. The number of ether oxygens (including phenoxy) is 2. The van der Waals surface area contributed by atoms with E-state index in [2.05, 4.69) is 15.3 Å². The van der Waals surface area contributed by atoms with Crippen molar-refractivity contribution < 1.29 is 23.9 Å². The first-order valence-electron chi connectivity index (χ1n) is 16.4. The van der Waals surface area contributed by atoms with Gasteiger partial charge in [0.1, 0.15) is 23.2 Å². The number of amides is 1. The van der Waals surface area contributed by atoms with Crippen LogP contribution in [-0.4, -0.2) is 58.9 Å². The molecule has 1 aliphatic rings. The van der Waals surface area contributed by atoms with Crippen LogP contribution in [0.25, 0.3) is 11.0 Å². The zero-order valence-corrected chi connectivity index (χ0v) is 28.5. The smallest absolute Gasteiger partial charge is 0.307 e. The van der Waals surface area contributed by atoms with E-state index in [9.17, 15) is 14.4 Å². The van der Waals surface area contributed by atoms with Gasteiger partial charge in [-0.2, -0.15) is 0 Å². The number of carbonyl (C=O) groups is 3. The Balaban J connectivity index is 0.000000338. The number of amidine groups is 1. The normalized spacial score (nSPS) is 12.0. The molecule has 2 heterocycles. The van der Waals surface area contributed by atoms with E-state index in [4.69, 9.17) is 20.2 Å². The van der Waals surface area contributed by atoms with E-state index in [0.717, 1.165) is 35.4 Å². The quantitative estimate of drug-likeness (QED) is 0.0784. The summed E-state index contributed by atoms with van der Waals surface area (Å²) in [5.74, 6) is 1.79. The van der Waals surface area contributed by atoms with E-state index in [1.165, 1.54) is 22.4 Å². The minimum Gasteiger partial charge on any atom is -0.466 e. The standard InChI is InChI=1S/C28H31N7O3.C10H10O2/c1-4-38-26(36)14-16-35(24-7-5-6-15-31-24)28(37)20-10-13-23-22(17-20)33-25(34(23)3)18-32-21-11-8-19(9-12-21)27(29)30-2;11-7-12-10-5-4-8-2-1-3-9(8)6-10/h5-13,15,17,32H,4,14,16,18H2,1-3H3,(H2,29,30);4-7H,1-3H2. The van der Waals surface area contributed by atoms with Gasteiger partial charge in [-0.15, -0.1) is 0 Å². The molecular formula is C38H41N7O5. The van der Waals surface area contributed by atoms with E-state index in [-0.39, 0.29) is 31.4 Å². The first kappa shape index (κ1) is 35.3. The fraction of sp³-hybridized carbons (Fsp3) is 0.263. The number of benzene rings is 3. The van der Waals surface area contributed by atoms with E-state index in [1.54, 1.807) is 50.5 Å². The summed E-state index contributed by atoms with van der Waals surface area (Å²) in [5.41, 5.74) is 12.4. The van der Waals surface area contributed by atoms with Crippen LogP contribution < -0.4 is 20.7 Å². The van der Waals surface area contributed by atoms with E-state index in [0.29, 0.717) is 41.5 Å². The number of hydrogen-bond donors (Lipinski definition) is 2. The number of hydrogen-bond acceptors (Lipinski definition) is 9. The van der Waals surface area contributed by atoms with Crippen molar-refractivity contribution in [2.24, 2.45) is 17.8 Å². The summed E-state index contributed by atoms with van der Waals surface area (Å²) in [4.78, 5) is 50.1. The van der Waals surface area contributed by atoms with Crippen LogP contribution in [0.2, 0.25) is 0 Å². The number of esters is 1. The molecule has 0 fully saturated rings. The minimum absolute atomic E-state index is 0.0661. The molecule has 50 heavy (non-hydrogen) atoms. The highest BCUT2D eigenvalue weighted by atomic mass is 16.5. The summed E-state index contributed by atoms with van der Waals surface area (Å²) in [7, 11) is 3.60. The molecular weight excluding hydrogens is 634 g/mol. The number of aliphatic imine (C=N–C) groups is 1. The van der Waals surface area contributed by atoms with Gasteiger partial charge >= 0.3 is 5.97 Å². The lowest BCUT2D eigenvalue weighted by Crippen LogP contribution is -2.34. The van der Waals surface area contributed by atoms with Crippen molar-refractivity contribution in [1.29, 1.82) is 0 Å². The zero-order chi connectivity index (χ0) is 35.5. The van der Waals surface area contributed by atoms with Crippen LogP contribution in [0.4, 0.5) is 11.5 Å². The number of aryl methyl sites for hydroxylation is 3. The van der Waals surface area contributed by atoms with Gasteiger partial charge in [-0.05, 0) is 104 Å². The van der Waals surface area contributed by atoms with E-state index >= 15 is 0 Å². The van der Waals surface area contributed by atoms with Gasteiger partial charge in [0.15, 0.2) is 0 Å². The summed E-state index contributed by atoms with van der Waals surface area (Å²) < 4.78 is 11.8. The van der Waals surface area contributed by atoms with Gasteiger partial charge in [0, 0.05) is 43.7 Å². The molecule has 3 aromatic carbocycles. The van der Waals surface area contributed by atoms with Crippen LogP contribution in [0.3, 0.4) is 0 Å². The van der Waals surface area contributed by atoms with Crippen molar-refractivity contribution in [2.75, 3.05) is 30.4 Å². The lowest BCUT2D eigenvalue weighted by Gasteiger charge is -2.21. The number of nitrogens with two attached hydrogens (primary N) is 1. The van der Waals surface area contributed by atoms with Gasteiger partial charge in [0.2, 0.25) is 0 Å². The highest BCUT2D eigenvalue weighted by Gasteiger charge is 2.21. The molecule has 12 nitrogen and oxygen atoms in total. The number of nitrogens with one attached hydrogen (secondary N) is 1. The summed E-state index contributed by atoms with van der Waals surface area (Å²) in [6.45, 7) is 3.15. The van der Waals surface area contributed by atoms with Crippen LogP contribution in [0, 0.1) is 0 Å². The Hall–Kier alpha value is -6.04. The highest BCUT2D eigenvalue weighted by molar-refractivity contribution is 6.07. The van der Waals surface area contributed by atoms with Crippen molar-refractivity contribution in [1.82, 2.24) is 14.5 Å². The Morgan fingerprint density at radius 1 is 1.02 bits per heavy atom. The number of anilines is 2. The second-order valence-corrected chi connectivity index (χ2v) is 11.5. The average Bonchev–Trinajstić information content (AvgIpc) is 3.74. The molecule has 1 amide bonds. The minimum atomic E-state index is -0.366. The molecule has 5 aromatic rings. The van der Waals surface area contributed by atoms with Crippen LogP contribution in [0.1, 0.15) is 52.6 Å². The number of nitrogens with zero attached hydrogens (tertiary/aromatic N) is 5. The molecule has 6 rings (SSSR count). The zero-order valence-electron chi connectivity index (χ0n) is 28.5. The number of fused-ring (bicyclic) bond motifs is 2. The molecule has 0 saturated carbocycles. The van der Waals surface area contributed by atoms with Crippen molar-refractivity contribution in [3.8, 4) is 5.75 Å². The second-order valence-electron chi connectivity index (χ2n) is 11.5. The predicted octanol–water partition coefficient (Wildman–Crippen LogP) is 5.23. The third-order valence-electron chi connectivity index (χ3n) is 8.36. The lowest BCUT2D eigenvalue weighted by molar-refractivity contribution is -0.142. The molecule has 0 atom stereocenters. The number of aromatic nitrogens is 3. The Labute approximate surface area is 291 Å². The summed E-state index contributed by atoms with van der Waals surface area (Å²) in [6, 6.07) is 24.3. The van der Waals surface area contributed by atoms with Crippen molar-refractivity contribution >= 4 is 46.7 Å². The summed E-state index contributed by atoms with van der Waals surface area (Å²) in [5, 5.41) is 3.37. The van der Waals surface area contributed by atoms with Crippen LogP contribution >= 0.6 is 0 Å². The third-order valence-corrected chi connectivity index (χ3v) is 8.36. The molecule has 3 N–H and O–H groups in total. The Morgan fingerprint density at radius 2 is 1.80 bits per heavy atom. The molecule has 0 spiro atoms. The average molecular weight is 676 g/mol. The first-order valence-corrected chi connectivity index (χ1v) is 16.4. The molecule has 2 aromatic heterocycles. The SMILES string of the molecule is CCOC(=O)CCN(C(=O)c1ccc2c(c1)nc(CNc1ccc(C(N)=NC)cc1)n2C)c1ccccn1.O=COc1ccc2c(c1)CCC2. The van der Waals surface area contributed by atoms with Gasteiger partial charge in [-0.25, -0.2) is 9.97 Å². The molecule has 1 aliphatic carbocycles. The maximum atomic E-state index is 13.5. The maximum absolute atomic E-state index is 13.5. The van der Waals surface area contributed by atoms with Crippen LogP contribution in [0.15, 0.2) is 90.1 Å². The van der Waals surface area contributed by atoms with Gasteiger partial charge < -0.3 is 25.1 Å². The predicted molar refractivity (Wildman–Crippen MR) is 193 cm³/mol. The van der Waals surface area contributed by atoms with Gasteiger partial charge in [-0.1, -0.05) is 12.1 Å². The highest BCUT2D eigenvalue weighted by Crippen LogP contribution is 2.26. The first-order chi connectivity index (χ1) is 24.3. The molecule has 258 valence electrons. The Morgan fingerprint density at radius 3 is 2.52 bits per heavy atom. The number of pyridine rings is 1. The van der Waals surface area contributed by atoms with Crippen LogP contribution in [0.5, 0.6) is 5.75 Å². The van der Waals surface area contributed by atoms with Crippen molar-refractivity contribution in [2.45, 2.75) is 39.2 Å². The second kappa shape index (κ2) is 16.9. The number of rotatable bonds is 12. The van der Waals surface area contributed by atoms with Gasteiger partial charge in [0.05, 0.1) is 30.6 Å². The number of carbonyl (C=O) groups excluding carboxylic acids is 3. The molecule has 0 bridgehead atoms. The monoisotopic (exact) mass is 675 g/mol. The lowest BCUT2D eigenvalue weighted by atomic mass is 10.1. The largest absolute Gasteiger partial charge is 0.466 e. The summed E-state index contributed by atoms with van der Waals surface area (Å²) in [6.07, 6.45) is 5.18. The Kier molecular flexibility index (Phi) is 11.9. The van der Waals surface area contributed by atoms with Gasteiger partial charge in [0.25, 0.3) is 12.4 Å². The third kappa shape index (κ3) is 8.70. The van der Waals surface area contributed by atoms with Crippen molar-refractivity contribution in [3.63, 3.8) is 0 Å². The molecule has 0 saturated heterocycles. The summed E-state index contributed by atoms with van der Waals surface area (Å²) >= 11 is 0. The fourth-order valence-electron chi connectivity index (χ4n) is 5.71. The molecule has 0 unspecified atom stereocenters. The maximum Gasteiger partial charge on any atom is 0.307 e. The van der Waals surface area contributed by atoms with Crippen molar-refractivity contribution in [3.05, 3.63) is 113 Å².